The van der Waals surface area contributed by atoms with E-state index in [0.29, 0.717) is 10.9 Å². The van der Waals surface area contributed by atoms with Crippen molar-refractivity contribution in [2.24, 2.45) is 0 Å². The Morgan fingerprint density at radius 2 is 2.21 bits per heavy atom. The predicted molar refractivity (Wildman–Crippen MR) is 80.6 cm³/mol. The fourth-order valence-electron chi connectivity index (χ4n) is 1.65. The van der Waals surface area contributed by atoms with E-state index < -0.39 is 0 Å². The van der Waals surface area contributed by atoms with E-state index >= 15 is 0 Å². The number of H-pyrrole nitrogens is 1. The molecule has 0 saturated carbocycles. The Morgan fingerprint density at radius 1 is 1.42 bits per heavy atom. The average Bonchev–Trinajstić information content (AvgIpc) is 2.32. The fourth-order valence-corrected chi connectivity index (χ4v) is 3.16. The van der Waals surface area contributed by atoms with Gasteiger partial charge in [0, 0.05) is 27.7 Å². The van der Waals surface area contributed by atoms with Gasteiger partial charge in [-0.1, -0.05) is 17.8 Å². The first-order chi connectivity index (χ1) is 9.08. The molecule has 1 heterocycles. The van der Waals surface area contributed by atoms with E-state index in [0.717, 1.165) is 15.9 Å². The van der Waals surface area contributed by atoms with Crippen LogP contribution in [-0.2, 0) is 6.54 Å². The molecule has 0 bridgehead atoms. The third-order valence-electron chi connectivity index (χ3n) is 2.43. The number of aromatic nitrogens is 2. The molecule has 0 aliphatic heterocycles. The van der Waals surface area contributed by atoms with Gasteiger partial charge in [-0.2, -0.15) is 0 Å². The van der Waals surface area contributed by atoms with Gasteiger partial charge in [0.15, 0.2) is 5.16 Å². The summed E-state index contributed by atoms with van der Waals surface area (Å²) in [6.07, 6.45) is 0. The second-order valence-corrected chi connectivity index (χ2v) is 5.97. The van der Waals surface area contributed by atoms with Crippen LogP contribution in [0.3, 0.4) is 0 Å². The maximum Gasteiger partial charge on any atom is 0.251 e. The lowest BCUT2D eigenvalue weighted by molar-refractivity contribution is 0.816. The minimum atomic E-state index is -0.127. The molecule has 2 rings (SSSR count). The molecule has 19 heavy (non-hydrogen) atoms. The normalized spacial score (nSPS) is 10.7. The Morgan fingerprint density at radius 3 is 2.84 bits per heavy atom. The SMILES string of the molecule is CNCc1ccc(Sc2nc(C)cc(=O)[nH]2)c(Br)c1. The van der Waals surface area contributed by atoms with Crippen molar-refractivity contribution in [3.8, 4) is 0 Å². The van der Waals surface area contributed by atoms with E-state index in [2.05, 4.69) is 43.3 Å². The summed E-state index contributed by atoms with van der Waals surface area (Å²) < 4.78 is 0.995. The monoisotopic (exact) mass is 339 g/mol. The highest BCUT2D eigenvalue weighted by Crippen LogP contribution is 2.31. The first-order valence-electron chi connectivity index (χ1n) is 5.77. The third-order valence-corrected chi connectivity index (χ3v) is 4.31. The number of nitrogens with one attached hydrogen (secondary N) is 2. The second-order valence-electron chi connectivity index (χ2n) is 4.09. The van der Waals surface area contributed by atoms with Crippen molar-refractivity contribution in [1.29, 1.82) is 0 Å². The third kappa shape index (κ3) is 3.92. The zero-order valence-electron chi connectivity index (χ0n) is 10.7. The minimum Gasteiger partial charge on any atom is -0.316 e. The second kappa shape index (κ2) is 6.36. The highest BCUT2D eigenvalue weighted by Gasteiger charge is 2.06. The summed E-state index contributed by atoms with van der Waals surface area (Å²) in [5, 5.41) is 3.71. The van der Waals surface area contributed by atoms with Gasteiger partial charge in [-0.15, -0.1) is 0 Å². The summed E-state index contributed by atoms with van der Waals surface area (Å²) in [7, 11) is 1.91. The largest absolute Gasteiger partial charge is 0.316 e. The Labute approximate surface area is 124 Å². The molecule has 2 aromatic rings. The number of rotatable bonds is 4. The minimum absolute atomic E-state index is 0.127. The topological polar surface area (TPSA) is 57.8 Å². The first-order valence-corrected chi connectivity index (χ1v) is 7.38. The number of aryl methyl sites for hydroxylation is 1. The molecule has 0 aliphatic rings. The number of hydrogen-bond acceptors (Lipinski definition) is 4. The molecule has 0 amide bonds. The van der Waals surface area contributed by atoms with Crippen molar-refractivity contribution in [2.45, 2.75) is 23.5 Å². The zero-order valence-corrected chi connectivity index (χ0v) is 13.1. The van der Waals surface area contributed by atoms with Gasteiger partial charge in [-0.25, -0.2) is 4.98 Å². The van der Waals surface area contributed by atoms with E-state index in [1.165, 1.54) is 23.4 Å². The lowest BCUT2D eigenvalue weighted by atomic mass is 10.2. The van der Waals surface area contributed by atoms with Crippen LogP contribution < -0.4 is 10.9 Å². The summed E-state index contributed by atoms with van der Waals surface area (Å²) in [5.74, 6) is 0. The fraction of sp³-hybridized carbons (Fsp3) is 0.231. The van der Waals surface area contributed by atoms with Crippen LogP contribution in [0.25, 0.3) is 0 Å². The number of halogens is 1. The molecular formula is C13H14BrN3OS. The Hall–Kier alpha value is -1.11. The van der Waals surface area contributed by atoms with E-state index in [1.54, 1.807) is 0 Å². The molecule has 0 radical (unpaired) electrons. The van der Waals surface area contributed by atoms with Crippen molar-refractivity contribution in [1.82, 2.24) is 15.3 Å². The van der Waals surface area contributed by atoms with Crippen LogP contribution in [0.4, 0.5) is 0 Å². The Bertz CT molecular complexity index is 642. The summed E-state index contributed by atoms with van der Waals surface area (Å²) in [6.45, 7) is 2.63. The molecular weight excluding hydrogens is 326 g/mol. The number of aromatic amines is 1. The van der Waals surface area contributed by atoms with Gasteiger partial charge in [0.25, 0.3) is 5.56 Å². The molecule has 0 saturated heterocycles. The van der Waals surface area contributed by atoms with Crippen LogP contribution in [0.15, 0.2) is 43.6 Å². The smallest absolute Gasteiger partial charge is 0.251 e. The van der Waals surface area contributed by atoms with Gasteiger partial charge >= 0.3 is 0 Å². The maximum absolute atomic E-state index is 11.4. The predicted octanol–water partition coefficient (Wildman–Crippen LogP) is 2.71. The van der Waals surface area contributed by atoms with Crippen molar-refractivity contribution >= 4 is 27.7 Å². The van der Waals surface area contributed by atoms with E-state index in [1.807, 2.05) is 20.0 Å². The van der Waals surface area contributed by atoms with Crippen LogP contribution in [0.5, 0.6) is 0 Å². The Kier molecular flexibility index (Phi) is 4.79. The van der Waals surface area contributed by atoms with Crippen LogP contribution in [0.1, 0.15) is 11.3 Å². The van der Waals surface area contributed by atoms with Crippen LogP contribution in [0, 0.1) is 6.92 Å². The van der Waals surface area contributed by atoms with Gasteiger partial charge < -0.3 is 10.3 Å². The summed E-state index contributed by atoms with van der Waals surface area (Å²) in [5.41, 5.74) is 1.79. The van der Waals surface area contributed by atoms with Gasteiger partial charge in [0.1, 0.15) is 0 Å². The standard InChI is InChI=1S/C13H14BrN3OS/c1-8-5-12(18)17-13(16-8)19-11-4-3-9(7-15-2)6-10(11)14/h3-6,15H,7H2,1-2H3,(H,16,17,18). The van der Waals surface area contributed by atoms with Gasteiger partial charge in [-0.3, -0.25) is 4.79 Å². The highest BCUT2D eigenvalue weighted by atomic mass is 79.9. The van der Waals surface area contributed by atoms with Gasteiger partial charge in [-0.05, 0) is 47.6 Å². The number of benzene rings is 1. The number of hydrogen-bond donors (Lipinski definition) is 2. The van der Waals surface area contributed by atoms with E-state index in [4.69, 9.17) is 0 Å². The summed E-state index contributed by atoms with van der Waals surface area (Å²) in [6, 6.07) is 7.61. The van der Waals surface area contributed by atoms with E-state index in [9.17, 15) is 4.79 Å². The van der Waals surface area contributed by atoms with Crippen molar-refractivity contribution in [2.75, 3.05) is 7.05 Å². The number of nitrogens with zero attached hydrogens (tertiary/aromatic N) is 1. The van der Waals surface area contributed by atoms with Crippen LogP contribution >= 0.6 is 27.7 Å². The lowest BCUT2D eigenvalue weighted by Gasteiger charge is -2.06. The first kappa shape index (κ1) is 14.3. The van der Waals surface area contributed by atoms with E-state index in [-0.39, 0.29) is 5.56 Å². The van der Waals surface area contributed by atoms with Crippen LogP contribution in [0.2, 0.25) is 0 Å². The molecule has 0 unspecified atom stereocenters. The molecule has 1 aromatic carbocycles. The highest BCUT2D eigenvalue weighted by molar-refractivity contribution is 9.10. The molecule has 0 aliphatic carbocycles. The summed E-state index contributed by atoms with van der Waals surface area (Å²) in [4.78, 5) is 19.4. The molecule has 0 atom stereocenters. The molecule has 6 heteroatoms. The molecule has 0 spiro atoms. The quantitative estimate of drug-likeness (QED) is 0.841. The summed E-state index contributed by atoms with van der Waals surface area (Å²) >= 11 is 4.98. The molecule has 1 aromatic heterocycles. The molecule has 4 nitrogen and oxygen atoms in total. The van der Waals surface area contributed by atoms with Gasteiger partial charge in [0.2, 0.25) is 0 Å². The zero-order chi connectivity index (χ0) is 13.8. The van der Waals surface area contributed by atoms with Crippen molar-refractivity contribution in [3.63, 3.8) is 0 Å². The molecule has 100 valence electrons. The van der Waals surface area contributed by atoms with Gasteiger partial charge in [0.05, 0.1) is 0 Å². The average molecular weight is 340 g/mol. The van der Waals surface area contributed by atoms with Crippen LogP contribution in [-0.4, -0.2) is 17.0 Å². The maximum atomic E-state index is 11.4. The van der Waals surface area contributed by atoms with Crippen molar-refractivity contribution in [3.05, 3.63) is 50.3 Å². The van der Waals surface area contributed by atoms with Crippen molar-refractivity contribution < 1.29 is 0 Å². The lowest BCUT2D eigenvalue weighted by Crippen LogP contribution is -2.08. The Balaban J connectivity index is 2.25. The molecule has 2 N–H and O–H groups in total. The molecule has 0 fully saturated rings.